The summed E-state index contributed by atoms with van der Waals surface area (Å²) in [6.07, 6.45) is 3.57. The lowest BCUT2D eigenvalue weighted by Gasteiger charge is -2.18. The number of anilines is 2. The van der Waals surface area contributed by atoms with E-state index >= 15 is 0 Å². The van der Waals surface area contributed by atoms with Crippen molar-refractivity contribution in [3.05, 3.63) is 48.1 Å². The van der Waals surface area contributed by atoms with Crippen molar-refractivity contribution >= 4 is 52.6 Å². The molecule has 10 heteroatoms. The third-order valence-electron chi connectivity index (χ3n) is 4.73. The van der Waals surface area contributed by atoms with Gasteiger partial charge in [-0.05, 0) is 44.3 Å². The Balaban J connectivity index is 1.79. The molecule has 1 aromatic carbocycles. The molecule has 1 atom stereocenters. The molecule has 0 radical (unpaired) electrons. The molecule has 1 amide bonds. The molecule has 0 spiro atoms. The van der Waals surface area contributed by atoms with Crippen molar-refractivity contribution in [2.24, 2.45) is 9.98 Å². The van der Waals surface area contributed by atoms with Crippen LogP contribution in [0.15, 0.2) is 58.1 Å². The van der Waals surface area contributed by atoms with Gasteiger partial charge in [0.1, 0.15) is 12.1 Å². The van der Waals surface area contributed by atoms with E-state index in [1.165, 1.54) is 19.5 Å². The molecule has 1 fully saturated rings. The molecular formula is C21H24ClN7O2. The van der Waals surface area contributed by atoms with E-state index in [-0.39, 0.29) is 11.9 Å². The van der Waals surface area contributed by atoms with Crippen LogP contribution in [0.4, 0.5) is 11.5 Å². The Morgan fingerprint density at radius 2 is 2.23 bits per heavy atom. The van der Waals surface area contributed by atoms with Gasteiger partial charge < -0.3 is 15.0 Å². The third-order valence-corrected chi connectivity index (χ3v) is 4.90. The second-order valence-corrected chi connectivity index (χ2v) is 7.38. The fraction of sp³-hybridized carbons (Fsp3) is 0.286. The van der Waals surface area contributed by atoms with E-state index in [1.807, 2.05) is 18.2 Å². The zero-order chi connectivity index (χ0) is 22.4. The predicted molar refractivity (Wildman–Crippen MR) is 125 cm³/mol. The number of fused-ring (bicyclic) bond motifs is 1. The van der Waals surface area contributed by atoms with Gasteiger partial charge in [0.15, 0.2) is 0 Å². The molecule has 0 saturated carbocycles. The Morgan fingerprint density at radius 3 is 2.90 bits per heavy atom. The van der Waals surface area contributed by atoms with Crippen molar-refractivity contribution < 1.29 is 9.53 Å². The number of nitrogens with one attached hydrogen (secondary N) is 2. The predicted octanol–water partition coefficient (Wildman–Crippen LogP) is 3.05. The number of guanidine groups is 1. The summed E-state index contributed by atoms with van der Waals surface area (Å²) in [4.78, 5) is 31.1. The normalized spacial score (nSPS) is 17.2. The van der Waals surface area contributed by atoms with E-state index in [2.05, 4.69) is 48.8 Å². The first-order valence-corrected chi connectivity index (χ1v) is 9.98. The zero-order valence-electron chi connectivity index (χ0n) is 17.4. The first-order valence-electron chi connectivity index (χ1n) is 9.60. The van der Waals surface area contributed by atoms with Crippen LogP contribution in [0.5, 0.6) is 0 Å². The molecule has 1 aliphatic rings. The Labute approximate surface area is 185 Å². The minimum absolute atomic E-state index is 0.00194. The molecule has 1 aliphatic heterocycles. The molecule has 3 rings (SSSR count). The van der Waals surface area contributed by atoms with E-state index < -0.39 is 0 Å². The quantitative estimate of drug-likeness (QED) is 0.309. The van der Waals surface area contributed by atoms with Crippen LogP contribution in [0.3, 0.4) is 0 Å². The Bertz CT molecular complexity index is 1060. The van der Waals surface area contributed by atoms with Crippen molar-refractivity contribution in [3.63, 3.8) is 0 Å². The molecule has 2 aromatic rings. The average molecular weight is 442 g/mol. The SMILES string of the molecule is C=CC(=O)Nc1ccc2c(N3CC[C@@H](N=C(N=C)N/C(OC)=C(\C)Cl)C3)ncnc2c1. The Hall–Kier alpha value is -3.46. The lowest BCUT2D eigenvalue weighted by atomic mass is 10.2. The van der Waals surface area contributed by atoms with Crippen LogP contribution in [-0.2, 0) is 9.53 Å². The number of hydrogen-bond acceptors (Lipinski definition) is 6. The summed E-state index contributed by atoms with van der Waals surface area (Å²) in [5.74, 6) is 1.27. The standard InChI is InChI=1S/C21H24ClN7O2/c1-5-18(30)26-14-6-7-16-17(10-14)24-12-25-19(16)29-9-8-15(11-29)27-21(23-3)28-20(31-4)13(2)22/h5-7,10,12,15H,1,3,8-9,11H2,2,4H3,(H,26,30)(H,27,28)/b20-13-/t15-/m1/s1. The van der Waals surface area contributed by atoms with Crippen molar-refractivity contribution in [2.45, 2.75) is 19.4 Å². The number of methoxy groups -OCH3 is 1. The maximum Gasteiger partial charge on any atom is 0.247 e. The van der Waals surface area contributed by atoms with Gasteiger partial charge in [0, 0.05) is 24.2 Å². The number of nitrogens with zero attached hydrogens (tertiary/aromatic N) is 5. The Kier molecular flexibility index (Phi) is 7.19. The summed E-state index contributed by atoms with van der Waals surface area (Å²) in [6.45, 7) is 10.2. The fourth-order valence-electron chi connectivity index (χ4n) is 3.27. The number of ether oxygens (including phenoxy) is 1. The minimum atomic E-state index is -0.273. The molecule has 1 saturated heterocycles. The number of aliphatic imine (C=N–C) groups is 2. The van der Waals surface area contributed by atoms with Crippen molar-refractivity contribution in [3.8, 4) is 0 Å². The number of halogens is 1. The van der Waals surface area contributed by atoms with Gasteiger partial charge in [-0.3, -0.25) is 10.1 Å². The monoisotopic (exact) mass is 441 g/mol. The summed E-state index contributed by atoms with van der Waals surface area (Å²) < 4.78 is 5.20. The lowest BCUT2D eigenvalue weighted by molar-refractivity contribution is -0.111. The van der Waals surface area contributed by atoms with Crippen LogP contribution < -0.4 is 15.5 Å². The molecular weight excluding hydrogens is 418 g/mol. The van der Waals surface area contributed by atoms with Gasteiger partial charge in [-0.25, -0.2) is 20.0 Å². The maximum absolute atomic E-state index is 11.5. The summed E-state index contributed by atoms with van der Waals surface area (Å²) >= 11 is 5.99. The molecule has 9 nitrogen and oxygen atoms in total. The molecule has 0 unspecified atom stereocenters. The number of aromatic nitrogens is 2. The van der Waals surface area contributed by atoms with Crippen LogP contribution in [0.1, 0.15) is 13.3 Å². The molecule has 0 aliphatic carbocycles. The maximum atomic E-state index is 11.5. The van der Waals surface area contributed by atoms with Crippen molar-refractivity contribution in [1.29, 1.82) is 0 Å². The van der Waals surface area contributed by atoms with Gasteiger partial charge >= 0.3 is 0 Å². The molecule has 162 valence electrons. The largest absolute Gasteiger partial charge is 0.481 e. The lowest BCUT2D eigenvalue weighted by Crippen LogP contribution is -2.26. The van der Waals surface area contributed by atoms with E-state index in [0.29, 0.717) is 29.1 Å². The summed E-state index contributed by atoms with van der Waals surface area (Å²) in [5.41, 5.74) is 1.39. The smallest absolute Gasteiger partial charge is 0.247 e. The van der Waals surface area contributed by atoms with Gasteiger partial charge in [-0.15, -0.1) is 0 Å². The Morgan fingerprint density at radius 1 is 1.42 bits per heavy atom. The van der Waals surface area contributed by atoms with E-state index in [9.17, 15) is 4.79 Å². The van der Waals surface area contributed by atoms with E-state index in [0.717, 1.165) is 29.7 Å². The highest BCUT2D eigenvalue weighted by molar-refractivity contribution is 6.29. The average Bonchev–Trinajstić information content (AvgIpc) is 3.23. The van der Waals surface area contributed by atoms with Crippen LogP contribution in [0, 0.1) is 0 Å². The van der Waals surface area contributed by atoms with Crippen LogP contribution in [-0.4, -0.2) is 54.8 Å². The first kappa shape index (κ1) is 22.2. The highest BCUT2D eigenvalue weighted by atomic mass is 35.5. The molecule has 0 bridgehead atoms. The molecule has 31 heavy (non-hydrogen) atoms. The molecule has 2 N–H and O–H groups in total. The molecule has 2 heterocycles. The highest BCUT2D eigenvalue weighted by Crippen LogP contribution is 2.28. The second kappa shape index (κ2) is 10.0. The third kappa shape index (κ3) is 5.37. The number of carbonyl (C=O) groups excluding carboxylic acids is 1. The van der Waals surface area contributed by atoms with Crippen molar-refractivity contribution in [2.75, 3.05) is 30.4 Å². The van der Waals surface area contributed by atoms with E-state index in [1.54, 1.807) is 6.92 Å². The second-order valence-electron chi connectivity index (χ2n) is 6.81. The summed E-state index contributed by atoms with van der Waals surface area (Å²) in [6, 6.07) is 5.53. The van der Waals surface area contributed by atoms with E-state index in [4.69, 9.17) is 16.3 Å². The number of benzene rings is 1. The highest BCUT2D eigenvalue weighted by Gasteiger charge is 2.25. The number of amides is 1. The number of hydrogen-bond donors (Lipinski definition) is 2. The van der Waals surface area contributed by atoms with Crippen LogP contribution >= 0.6 is 11.6 Å². The summed E-state index contributed by atoms with van der Waals surface area (Å²) in [7, 11) is 1.51. The van der Waals surface area contributed by atoms with Crippen molar-refractivity contribution in [1.82, 2.24) is 15.3 Å². The molecule has 1 aromatic heterocycles. The fourth-order valence-corrected chi connectivity index (χ4v) is 3.39. The van der Waals surface area contributed by atoms with Gasteiger partial charge in [0.05, 0.1) is 23.7 Å². The number of rotatable bonds is 6. The van der Waals surface area contributed by atoms with Crippen LogP contribution in [0.25, 0.3) is 10.9 Å². The van der Waals surface area contributed by atoms with Gasteiger partial charge in [0.25, 0.3) is 0 Å². The minimum Gasteiger partial charge on any atom is -0.481 e. The summed E-state index contributed by atoms with van der Waals surface area (Å²) in [5, 5.41) is 7.05. The topological polar surface area (TPSA) is 104 Å². The number of allylic oxidation sites excluding steroid dienone is 1. The zero-order valence-corrected chi connectivity index (χ0v) is 18.2. The van der Waals surface area contributed by atoms with Gasteiger partial charge in [0.2, 0.25) is 17.7 Å². The first-order chi connectivity index (χ1) is 14.9. The van der Waals surface area contributed by atoms with Gasteiger partial charge in [-0.2, -0.15) is 0 Å². The number of carbonyl (C=O) groups is 1. The van der Waals surface area contributed by atoms with Crippen LogP contribution in [0.2, 0.25) is 0 Å². The van der Waals surface area contributed by atoms with Gasteiger partial charge in [-0.1, -0.05) is 18.2 Å².